The molecule has 1 aromatic heterocycles. The third-order valence-electron chi connectivity index (χ3n) is 2.43. The van der Waals surface area contributed by atoms with Gasteiger partial charge in [-0.05, 0) is 40.5 Å². The zero-order valence-electron chi connectivity index (χ0n) is 9.66. The summed E-state index contributed by atoms with van der Waals surface area (Å²) in [6.45, 7) is 2.04. The van der Waals surface area contributed by atoms with E-state index in [2.05, 4.69) is 26.1 Å². The minimum atomic E-state index is -0.334. The van der Waals surface area contributed by atoms with Crippen LogP contribution < -0.4 is 0 Å². The first-order chi connectivity index (χ1) is 8.61. The molecule has 0 saturated heterocycles. The summed E-state index contributed by atoms with van der Waals surface area (Å²) in [7, 11) is 0. The van der Waals surface area contributed by atoms with Crippen LogP contribution in [0, 0.1) is 5.82 Å². The molecule has 2 aromatic rings. The van der Waals surface area contributed by atoms with Gasteiger partial charge in [0.1, 0.15) is 5.82 Å². The molecule has 0 radical (unpaired) electrons. The van der Waals surface area contributed by atoms with Gasteiger partial charge in [0.05, 0.1) is 9.85 Å². The largest absolute Gasteiger partial charge is 0.334 e. The average Bonchev–Trinajstić information content (AvgIpc) is 2.82. The van der Waals surface area contributed by atoms with Crippen molar-refractivity contribution in [2.24, 2.45) is 0 Å². The highest BCUT2D eigenvalue weighted by Crippen LogP contribution is 2.27. The molecule has 0 spiro atoms. The molecule has 0 aliphatic rings. The van der Waals surface area contributed by atoms with E-state index in [1.807, 2.05) is 6.92 Å². The third kappa shape index (κ3) is 2.90. The summed E-state index contributed by atoms with van der Waals surface area (Å²) in [6.07, 6.45) is 1.73. The summed E-state index contributed by atoms with van der Waals surface area (Å²) in [5.74, 6) is 0.473. The minimum absolute atomic E-state index is 0.253. The summed E-state index contributed by atoms with van der Waals surface area (Å²) >= 11 is 9.22. The number of hydrogen-bond acceptors (Lipinski definition) is 3. The van der Waals surface area contributed by atoms with Gasteiger partial charge in [0, 0.05) is 5.56 Å². The monoisotopic (exact) mass is 332 g/mol. The Morgan fingerprint density at radius 3 is 2.94 bits per heavy atom. The molecule has 3 nitrogen and oxygen atoms in total. The summed E-state index contributed by atoms with van der Waals surface area (Å²) in [4.78, 5) is 4.22. The molecule has 0 saturated carbocycles. The highest BCUT2D eigenvalue weighted by Gasteiger charge is 2.16. The molecule has 0 aliphatic heterocycles. The van der Waals surface area contributed by atoms with E-state index in [1.165, 1.54) is 6.07 Å². The van der Waals surface area contributed by atoms with Crippen LogP contribution in [0.5, 0.6) is 0 Å². The smallest absolute Gasteiger partial charge is 0.258 e. The number of aromatic nitrogens is 2. The molecule has 1 aromatic carbocycles. The van der Waals surface area contributed by atoms with Crippen molar-refractivity contribution in [2.75, 3.05) is 0 Å². The van der Waals surface area contributed by atoms with Crippen LogP contribution in [0.15, 0.2) is 27.2 Å². The molecule has 0 bridgehead atoms. The minimum Gasteiger partial charge on any atom is -0.334 e. The normalized spacial score (nSPS) is 12.7. The molecule has 1 unspecified atom stereocenters. The highest BCUT2D eigenvalue weighted by atomic mass is 79.9. The molecule has 1 atom stereocenters. The van der Waals surface area contributed by atoms with Crippen molar-refractivity contribution in [2.45, 2.75) is 25.1 Å². The summed E-state index contributed by atoms with van der Waals surface area (Å²) in [5.41, 5.74) is 0.655. The van der Waals surface area contributed by atoms with E-state index in [4.69, 9.17) is 16.1 Å². The van der Waals surface area contributed by atoms with Gasteiger partial charge in [0.2, 0.25) is 0 Å². The lowest BCUT2D eigenvalue weighted by molar-refractivity contribution is 0.420. The fourth-order valence-corrected chi connectivity index (χ4v) is 2.18. The SMILES string of the molecule is CCCC(Cl)c1noc(-c2ccc(F)c(Br)c2)n1. The van der Waals surface area contributed by atoms with Gasteiger partial charge in [-0.25, -0.2) is 4.39 Å². The Bertz CT molecular complexity index is 547. The maximum Gasteiger partial charge on any atom is 0.258 e. The van der Waals surface area contributed by atoms with Gasteiger partial charge in [-0.2, -0.15) is 4.98 Å². The zero-order valence-corrected chi connectivity index (χ0v) is 12.0. The maximum absolute atomic E-state index is 13.1. The molecular formula is C12H11BrClFN2O. The van der Waals surface area contributed by atoms with E-state index in [1.54, 1.807) is 12.1 Å². The average molecular weight is 334 g/mol. The summed E-state index contributed by atoms with van der Waals surface area (Å²) < 4.78 is 18.6. The first-order valence-corrected chi connectivity index (χ1v) is 6.78. The number of hydrogen-bond donors (Lipinski definition) is 0. The molecule has 96 valence electrons. The number of benzene rings is 1. The zero-order chi connectivity index (χ0) is 13.1. The third-order valence-corrected chi connectivity index (χ3v) is 3.45. The maximum atomic E-state index is 13.1. The molecule has 0 aliphatic carbocycles. The van der Waals surface area contributed by atoms with Gasteiger partial charge < -0.3 is 4.52 Å². The molecule has 0 amide bonds. The Morgan fingerprint density at radius 1 is 1.50 bits per heavy atom. The van der Waals surface area contributed by atoms with Crippen molar-refractivity contribution in [3.8, 4) is 11.5 Å². The van der Waals surface area contributed by atoms with E-state index in [9.17, 15) is 4.39 Å². The van der Waals surface area contributed by atoms with Crippen molar-refractivity contribution in [3.05, 3.63) is 34.3 Å². The number of halogens is 3. The lowest BCUT2D eigenvalue weighted by Crippen LogP contribution is -1.92. The molecular weight excluding hydrogens is 322 g/mol. The van der Waals surface area contributed by atoms with Crippen molar-refractivity contribution in [3.63, 3.8) is 0 Å². The Morgan fingerprint density at radius 2 is 2.28 bits per heavy atom. The van der Waals surface area contributed by atoms with Crippen LogP contribution in [-0.2, 0) is 0 Å². The van der Waals surface area contributed by atoms with Gasteiger partial charge in [-0.3, -0.25) is 0 Å². The van der Waals surface area contributed by atoms with Crippen LogP contribution in [0.2, 0.25) is 0 Å². The van der Waals surface area contributed by atoms with Crippen LogP contribution in [0.1, 0.15) is 31.0 Å². The van der Waals surface area contributed by atoms with E-state index in [-0.39, 0.29) is 11.2 Å². The molecule has 0 N–H and O–H groups in total. The second-order valence-electron chi connectivity index (χ2n) is 3.84. The predicted octanol–water partition coefficient (Wildman–Crippen LogP) is 4.72. The summed E-state index contributed by atoms with van der Waals surface area (Å²) in [5, 5.41) is 3.58. The van der Waals surface area contributed by atoms with Crippen molar-refractivity contribution in [1.29, 1.82) is 0 Å². The fraction of sp³-hybridized carbons (Fsp3) is 0.333. The van der Waals surface area contributed by atoms with Crippen molar-refractivity contribution < 1.29 is 8.91 Å². The standard InChI is InChI=1S/C12H11BrClFN2O/c1-2-3-9(14)11-16-12(18-17-11)7-4-5-10(15)8(13)6-7/h4-6,9H,2-3H2,1H3. The Labute approximate surface area is 117 Å². The Balaban J connectivity index is 2.26. The Kier molecular flexibility index (Phi) is 4.35. The van der Waals surface area contributed by atoms with Gasteiger partial charge in [-0.1, -0.05) is 18.5 Å². The molecule has 18 heavy (non-hydrogen) atoms. The molecule has 0 fully saturated rings. The van der Waals surface area contributed by atoms with E-state index < -0.39 is 0 Å². The van der Waals surface area contributed by atoms with E-state index in [0.29, 0.717) is 21.8 Å². The topological polar surface area (TPSA) is 38.9 Å². The van der Waals surface area contributed by atoms with E-state index in [0.717, 1.165) is 12.8 Å². The van der Waals surface area contributed by atoms with Gasteiger partial charge in [0.15, 0.2) is 5.82 Å². The highest BCUT2D eigenvalue weighted by molar-refractivity contribution is 9.10. The van der Waals surface area contributed by atoms with Crippen molar-refractivity contribution >= 4 is 27.5 Å². The number of nitrogens with zero attached hydrogens (tertiary/aromatic N) is 2. The Hall–Kier alpha value is -0.940. The van der Waals surface area contributed by atoms with Crippen LogP contribution in [0.25, 0.3) is 11.5 Å². The lowest BCUT2D eigenvalue weighted by atomic mass is 10.2. The lowest BCUT2D eigenvalue weighted by Gasteiger charge is -1.99. The molecule has 2 rings (SSSR count). The first kappa shape index (κ1) is 13.5. The summed E-state index contributed by atoms with van der Waals surface area (Å²) in [6, 6.07) is 4.52. The van der Waals surface area contributed by atoms with Gasteiger partial charge >= 0.3 is 0 Å². The number of rotatable bonds is 4. The van der Waals surface area contributed by atoms with Gasteiger partial charge in [-0.15, -0.1) is 11.6 Å². The second kappa shape index (κ2) is 5.80. The second-order valence-corrected chi connectivity index (χ2v) is 5.22. The van der Waals surface area contributed by atoms with Crippen molar-refractivity contribution in [1.82, 2.24) is 10.1 Å². The molecule has 1 heterocycles. The fourth-order valence-electron chi connectivity index (χ4n) is 1.49. The first-order valence-electron chi connectivity index (χ1n) is 5.55. The van der Waals surface area contributed by atoms with Crippen LogP contribution in [-0.4, -0.2) is 10.1 Å². The number of alkyl halides is 1. The quantitative estimate of drug-likeness (QED) is 0.760. The van der Waals surface area contributed by atoms with Crippen LogP contribution in [0.4, 0.5) is 4.39 Å². The van der Waals surface area contributed by atoms with Crippen LogP contribution >= 0.6 is 27.5 Å². The molecule has 6 heteroatoms. The van der Waals surface area contributed by atoms with Gasteiger partial charge in [0.25, 0.3) is 5.89 Å². The predicted molar refractivity (Wildman–Crippen MR) is 70.9 cm³/mol. The van der Waals surface area contributed by atoms with E-state index >= 15 is 0 Å². The van der Waals surface area contributed by atoms with Crippen LogP contribution in [0.3, 0.4) is 0 Å².